The maximum absolute atomic E-state index is 5.84. The minimum absolute atomic E-state index is 0.378. The van der Waals surface area contributed by atoms with E-state index in [-0.39, 0.29) is 5.60 Å². The van der Waals surface area contributed by atoms with Crippen LogP contribution in [0.4, 0.5) is 0 Å². The molecule has 0 spiro atoms. The molecule has 1 rings (SSSR count). The Hall–Kier alpha value is -0.800. The van der Waals surface area contributed by atoms with E-state index in [1.165, 1.54) is 17.0 Å². The van der Waals surface area contributed by atoms with Gasteiger partial charge in [0.15, 0.2) is 0 Å². The predicted octanol–water partition coefficient (Wildman–Crippen LogP) is 2.58. The fraction of sp³-hybridized carbons (Fsp3) is 0.714. The molecule has 0 bridgehead atoms. The van der Waals surface area contributed by atoms with Gasteiger partial charge in [0.05, 0.1) is 0 Å². The first kappa shape index (κ1) is 14.3. The van der Waals surface area contributed by atoms with Crippen LogP contribution in [0.3, 0.4) is 0 Å². The molecule has 0 aromatic carbocycles. The van der Waals surface area contributed by atoms with Crippen molar-refractivity contribution in [1.82, 2.24) is 4.57 Å². The summed E-state index contributed by atoms with van der Waals surface area (Å²) in [5.41, 5.74) is 9.23. The molecule has 17 heavy (non-hydrogen) atoms. The van der Waals surface area contributed by atoms with Gasteiger partial charge >= 0.3 is 0 Å². The van der Waals surface area contributed by atoms with Gasteiger partial charge in [-0.3, -0.25) is 0 Å². The minimum atomic E-state index is -0.378. The Morgan fingerprint density at radius 2 is 2.00 bits per heavy atom. The number of hydrogen-bond donors (Lipinski definition) is 1. The van der Waals surface area contributed by atoms with Crippen molar-refractivity contribution in [3.05, 3.63) is 23.0 Å². The lowest BCUT2D eigenvalue weighted by molar-refractivity contribution is 0.00947. The standard InChI is InChI=1S/C14H26N2O/c1-10(2)8-16-11(3)7-13(12(16)4)14(5,9-15)17-6/h7,10H,8-9,15H2,1-6H3. The zero-order valence-corrected chi connectivity index (χ0v) is 12.0. The van der Waals surface area contributed by atoms with E-state index in [1.807, 2.05) is 0 Å². The summed E-state index contributed by atoms with van der Waals surface area (Å²) in [6, 6.07) is 2.20. The lowest BCUT2D eigenvalue weighted by Crippen LogP contribution is -2.34. The molecule has 0 radical (unpaired) electrons. The number of aryl methyl sites for hydroxylation is 1. The Labute approximate surface area is 105 Å². The van der Waals surface area contributed by atoms with Crippen molar-refractivity contribution in [2.24, 2.45) is 11.7 Å². The van der Waals surface area contributed by atoms with Gasteiger partial charge in [-0.25, -0.2) is 0 Å². The molecule has 1 aromatic heterocycles. The molecule has 0 aliphatic heterocycles. The molecular weight excluding hydrogens is 212 g/mol. The van der Waals surface area contributed by atoms with Crippen LogP contribution in [0.15, 0.2) is 6.07 Å². The average Bonchev–Trinajstić information content (AvgIpc) is 2.56. The highest BCUT2D eigenvalue weighted by Crippen LogP contribution is 2.29. The first-order valence-corrected chi connectivity index (χ1v) is 6.28. The third kappa shape index (κ3) is 2.72. The molecule has 3 heteroatoms. The molecule has 1 unspecified atom stereocenters. The van der Waals surface area contributed by atoms with Gasteiger partial charge in [0.2, 0.25) is 0 Å². The second kappa shape index (κ2) is 5.23. The van der Waals surface area contributed by atoms with Gasteiger partial charge < -0.3 is 15.0 Å². The van der Waals surface area contributed by atoms with Crippen molar-refractivity contribution in [3.63, 3.8) is 0 Å². The molecule has 1 atom stereocenters. The van der Waals surface area contributed by atoms with Crippen molar-refractivity contribution in [2.75, 3.05) is 13.7 Å². The topological polar surface area (TPSA) is 40.2 Å². The van der Waals surface area contributed by atoms with Gasteiger partial charge in [-0.05, 0) is 32.8 Å². The summed E-state index contributed by atoms with van der Waals surface area (Å²) < 4.78 is 7.94. The largest absolute Gasteiger partial charge is 0.372 e. The predicted molar refractivity (Wildman–Crippen MR) is 72.2 cm³/mol. The van der Waals surface area contributed by atoms with Crippen LogP contribution >= 0.6 is 0 Å². The van der Waals surface area contributed by atoms with Crippen molar-refractivity contribution in [1.29, 1.82) is 0 Å². The summed E-state index contributed by atoms with van der Waals surface area (Å²) in [4.78, 5) is 0. The lowest BCUT2D eigenvalue weighted by atomic mass is 9.96. The highest BCUT2D eigenvalue weighted by molar-refractivity contribution is 5.32. The zero-order valence-electron chi connectivity index (χ0n) is 12.0. The average molecular weight is 238 g/mol. The van der Waals surface area contributed by atoms with Gasteiger partial charge in [-0.2, -0.15) is 0 Å². The molecule has 0 amide bonds. The second-order valence-electron chi connectivity index (χ2n) is 5.43. The Bertz CT molecular complexity index is 376. The summed E-state index contributed by atoms with van der Waals surface area (Å²) in [5.74, 6) is 0.638. The maximum atomic E-state index is 5.84. The first-order valence-electron chi connectivity index (χ1n) is 6.28. The van der Waals surface area contributed by atoms with Gasteiger partial charge in [-0.1, -0.05) is 13.8 Å². The molecule has 98 valence electrons. The smallest absolute Gasteiger partial charge is 0.104 e. The molecule has 0 saturated carbocycles. The molecule has 0 fully saturated rings. The van der Waals surface area contributed by atoms with Crippen molar-refractivity contribution >= 4 is 0 Å². The third-order valence-electron chi connectivity index (χ3n) is 3.53. The van der Waals surface area contributed by atoms with Crippen LogP contribution in [0.1, 0.15) is 37.7 Å². The number of ether oxygens (including phenoxy) is 1. The number of aromatic nitrogens is 1. The number of methoxy groups -OCH3 is 1. The summed E-state index contributed by atoms with van der Waals surface area (Å²) >= 11 is 0. The van der Waals surface area contributed by atoms with Crippen LogP contribution in [0.25, 0.3) is 0 Å². The molecule has 0 saturated heterocycles. The first-order chi connectivity index (χ1) is 7.85. The Balaban J connectivity index is 3.20. The zero-order chi connectivity index (χ0) is 13.2. The molecule has 0 aliphatic rings. The summed E-state index contributed by atoms with van der Waals surface area (Å²) in [5, 5.41) is 0. The van der Waals surface area contributed by atoms with Crippen molar-refractivity contribution in [2.45, 2.75) is 46.8 Å². The van der Waals surface area contributed by atoms with Crippen LogP contribution in [-0.2, 0) is 16.9 Å². The highest BCUT2D eigenvalue weighted by Gasteiger charge is 2.28. The van der Waals surface area contributed by atoms with Crippen LogP contribution in [-0.4, -0.2) is 18.2 Å². The van der Waals surface area contributed by atoms with Crippen LogP contribution in [0.5, 0.6) is 0 Å². The Morgan fingerprint density at radius 3 is 2.41 bits per heavy atom. The van der Waals surface area contributed by atoms with Crippen LogP contribution < -0.4 is 5.73 Å². The minimum Gasteiger partial charge on any atom is -0.372 e. The van der Waals surface area contributed by atoms with E-state index < -0.39 is 0 Å². The second-order valence-corrected chi connectivity index (χ2v) is 5.43. The van der Waals surface area contributed by atoms with E-state index in [0.717, 1.165) is 6.54 Å². The summed E-state index contributed by atoms with van der Waals surface area (Å²) in [7, 11) is 1.72. The van der Waals surface area contributed by atoms with Crippen molar-refractivity contribution < 1.29 is 4.74 Å². The molecular formula is C14H26N2O. The fourth-order valence-electron chi connectivity index (χ4n) is 2.29. The van der Waals surface area contributed by atoms with E-state index in [9.17, 15) is 0 Å². The monoisotopic (exact) mass is 238 g/mol. The molecule has 1 heterocycles. The SMILES string of the molecule is COC(C)(CN)c1cc(C)n(CC(C)C)c1C. The van der Waals surface area contributed by atoms with E-state index in [1.54, 1.807) is 7.11 Å². The molecule has 3 nitrogen and oxygen atoms in total. The summed E-state index contributed by atoms with van der Waals surface area (Å²) in [6.07, 6.45) is 0. The van der Waals surface area contributed by atoms with E-state index >= 15 is 0 Å². The van der Waals surface area contributed by atoms with Crippen LogP contribution in [0.2, 0.25) is 0 Å². The normalized spacial score (nSPS) is 15.3. The maximum Gasteiger partial charge on any atom is 0.104 e. The molecule has 1 aromatic rings. The number of rotatable bonds is 5. The molecule has 0 aliphatic carbocycles. The fourth-order valence-corrected chi connectivity index (χ4v) is 2.29. The van der Waals surface area contributed by atoms with Gasteiger partial charge in [0.1, 0.15) is 5.60 Å². The number of hydrogen-bond acceptors (Lipinski definition) is 2. The van der Waals surface area contributed by atoms with E-state index in [2.05, 4.69) is 45.3 Å². The number of nitrogens with zero attached hydrogens (tertiary/aromatic N) is 1. The van der Waals surface area contributed by atoms with Crippen molar-refractivity contribution in [3.8, 4) is 0 Å². The Morgan fingerprint density at radius 1 is 1.41 bits per heavy atom. The Kier molecular flexibility index (Phi) is 4.39. The van der Waals surface area contributed by atoms with Gasteiger partial charge in [-0.15, -0.1) is 0 Å². The molecule has 2 N–H and O–H groups in total. The van der Waals surface area contributed by atoms with E-state index in [0.29, 0.717) is 12.5 Å². The lowest BCUT2D eigenvalue weighted by Gasteiger charge is -2.27. The summed E-state index contributed by atoms with van der Waals surface area (Å²) in [6.45, 7) is 12.4. The van der Waals surface area contributed by atoms with Gasteiger partial charge in [0, 0.05) is 37.2 Å². The third-order valence-corrected chi connectivity index (χ3v) is 3.53. The highest BCUT2D eigenvalue weighted by atomic mass is 16.5. The van der Waals surface area contributed by atoms with Gasteiger partial charge in [0.25, 0.3) is 0 Å². The van der Waals surface area contributed by atoms with E-state index in [4.69, 9.17) is 10.5 Å². The van der Waals surface area contributed by atoms with Crippen LogP contribution in [0, 0.1) is 19.8 Å². The quantitative estimate of drug-likeness (QED) is 0.856. The number of nitrogens with two attached hydrogens (primary N) is 1.